The number of thioether (sulfide) groups is 2. The molecular weight excluding hydrogens is 457 g/mol. The van der Waals surface area contributed by atoms with Gasteiger partial charge in [-0.05, 0) is 42.9 Å². The first kappa shape index (κ1) is 22.2. The van der Waals surface area contributed by atoms with Crippen LogP contribution < -0.4 is 5.32 Å². The lowest BCUT2D eigenvalue weighted by molar-refractivity contribution is -0.158. The predicted octanol–water partition coefficient (Wildman–Crippen LogP) is 3.00. The summed E-state index contributed by atoms with van der Waals surface area (Å²) in [6.45, 7) is 1.16. The van der Waals surface area contributed by atoms with Gasteiger partial charge in [0.2, 0.25) is 5.91 Å². The summed E-state index contributed by atoms with van der Waals surface area (Å²) < 4.78 is 5.59. The minimum atomic E-state index is -1.32. The van der Waals surface area contributed by atoms with E-state index >= 15 is 0 Å². The molecule has 3 aliphatic rings. The van der Waals surface area contributed by atoms with Crippen molar-refractivity contribution in [3.05, 3.63) is 35.9 Å². The maximum atomic E-state index is 13.7. The number of likely N-dealkylation sites (tertiary alicyclic amines) is 1. The molecule has 0 unspecified atom stereocenters. The highest BCUT2D eigenvalue weighted by Gasteiger charge is 2.63. The Morgan fingerprint density at radius 2 is 1.90 bits per heavy atom. The van der Waals surface area contributed by atoms with Crippen LogP contribution in [0.25, 0.3) is 0 Å². The minimum Gasteiger partial charge on any atom is -0.459 e. The highest BCUT2D eigenvalue weighted by atomic mass is 32.2. The van der Waals surface area contributed by atoms with Crippen molar-refractivity contribution in [2.45, 2.75) is 42.0 Å². The van der Waals surface area contributed by atoms with Gasteiger partial charge in [0.1, 0.15) is 6.61 Å². The molecule has 1 amide bonds. The van der Waals surface area contributed by atoms with E-state index in [-0.39, 0.29) is 29.7 Å². The maximum absolute atomic E-state index is 13.7. The number of thiocarbonyl (C=S) groups is 2. The number of benzene rings is 1. The van der Waals surface area contributed by atoms with Crippen molar-refractivity contribution >= 4 is 69.6 Å². The molecule has 4 rings (SSSR count). The summed E-state index contributed by atoms with van der Waals surface area (Å²) in [5.74, 6) is 1.28. The summed E-state index contributed by atoms with van der Waals surface area (Å²) in [4.78, 5) is 29.7. The number of nitrogens with one attached hydrogen (secondary N) is 1. The number of esters is 1. The van der Waals surface area contributed by atoms with Gasteiger partial charge in [-0.15, -0.1) is 23.5 Å². The van der Waals surface area contributed by atoms with Crippen LogP contribution in [0.3, 0.4) is 0 Å². The Hall–Kier alpha value is -1.000. The fraction of sp³-hybridized carbons (Fsp3) is 0.524. The van der Waals surface area contributed by atoms with E-state index in [1.165, 1.54) is 0 Å². The van der Waals surface area contributed by atoms with E-state index in [4.69, 9.17) is 29.2 Å². The molecule has 0 saturated carbocycles. The van der Waals surface area contributed by atoms with Crippen LogP contribution in [0.5, 0.6) is 0 Å². The molecule has 1 aromatic carbocycles. The molecule has 0 bridgehead atoms. The van der Waals surface area contributed by atoms with Gasteiger partial charge >= 0.3 is 5.97 Å². The highest BCUT2D eigenvalue weighted by molar-refractivity contribution is 8.17. The zero-order valence-corrected chi connectivity index (χ0v) is 19.8. The molecule has 5 nitrogen and oxygen atoms in total. The van der Waals surface area contributed by atoms with Gasteiger partial charge in [0.15, 0.2) is 5.54 Å². The Balaban J connectivity index is 1.68. The number of hydrogen-bond donors (Lipinski definition) is 1. The fourth-order valence-corrected chi connectivity index (χ4v) is 8.28. The minimum absolute atomic E-state index is 0.0989. The zero-order chi connectivity index (χ0) is 21.1. The smallest absolute Gasteiger partial charge is 0.340 e. The lowest BCUT2D eigenvalue weighted by atomic mass is 9.96. The summed E-state index contributed by atoms with van der Waals surface area (Å²) >= 11 is 14.7. The van der Waals surface area contributed by atoms with Crippen molar-refractivity contribution in [1.29, 1.82) is 0 Å². The van der Waals surface area contributed by atoms with E-state index < -0.39 is 11.5 Å². The molecule has 3 heterocycles. The predicted molar refractivity (Wildman–Crippen MR) is 130 cm³/mol. The lowest BCUT2D eigenvalue weighted by Crippen LogP contribution is -2.65. The van der Waals surface area contributed by atoms with Gasteiger partial charge in [0.05, 0.1) is 26.9 Å². The van der Waals surface area contributed by atoms with Gasteiger partial charge in [-0.3, -0.25) is 4.79 Å². The molecule has 0 radical (unpaired) electrons. The summed E-state index contributed by atoms with van der Waals surface area (Å²) in [6.07, 6.45) is 2.77. The molecule has 1 N–H and O–H groups in total. The third-order valence-corrected chi connectivity index (χ3v) is 9.82. The molecule has 3 fully saturated rings. The molecular formula is C21H24N2O3S4. The second-order valence-corrected chi connectivity index (χ2v) is 11.2. The number of ether oxygens (including phenoxy) is 1. The van der Waals surface area contributed by atoms with Gasteiger partial charge in [-0.25, -0.2) is 4.79 Å². The van der Waals surface area contributed by atoms with E-state index in [9.17, 15) is 9.59 Å². The Morgan fingerprint density at radius 1 is 1.17 bits per heavy atom. The second kappa shape index (κ2) is 9.65. The first-order valence-corrected chi connectivity index (χ1v) is 13.0. The van der Waals surface area contributed by atoms with E-state index in [1.807, 2.05) is 30.3 Å². The van der Waals surface area contributed by atoms with Gasteiger partial charge in [0.25, 0.3) is 0 Å². The topological polar surface area (TPSA) is 58.6 Å². The van der Waals surface area contributed by atoms with E-state index in [2.05, 4.69) is 5.32 Å². The molecule has 9 heteroatoms. The summed E-state index contributed by atoms with van der Waals surface area (Å²) in [7, 11) is 0. The number of amides is 1. The van der Waals surface area contributed by atoms with Crippen molar-refractivity contribution < 1.29 is 14.3 Å². The zero-order valence-electron chi connectivity index (χ0n) is 16.5. The van der Waals surface area contributed by atoms with Crippen molar-refractivity contribution in [2.75, 3.05) is 24.6 Å². The lowest BCUT2D eigenvalue weighted by Gasteiger charge is -2.42. The van der Waals surface area contributed by atoms with Gasteiger partial charge in [0, 0.05) is 0 Å². The molecule has 3 aliphatic heterocycles. The number of hydrogen-bond acceptors (Lipinski definition) is 8. The third-order valence-electron chi connectivity index (χ3n) is 5.64. The first-order valence-electron chi connectivity index (χ1n) is 10.1. The van der Waals surface area contributed by atoms with Crippen LogP contribution in [0.2, 0.25) is 0 Å². The molecule has 2 atom stereocenters. The van der Waals surface area contributed by atoms with E-state index in [0.717, 1.165) is 42.9 Å². The van der Waals surface area contributed by atoms with E-state index in [1.54, 1.807) is 28.4 Å². The molecule has 30 heavy (non-hydrogen) atoms. The SMILES string of the molecule is O=C([C@@H]1CCCN1)N1CC(=S)C(=S)[C@@]1(C(=O)OCc1ccccc1)C1SCCCS1. The average molecular weight is 481 g/mol. The van der Waals surface area contributed by atoms with Crippen LogP contribution in [-0.2, 0) is 20.9 Å². The van der Waals surface area contributed by atoms with E-state index in [0.29, 0.717) is 9.73 Å². The van der Waals surface area contributed by atoms with Crippen LogP contribution in [0.15, 0.2) is 30.3 Å². The Bertz CT molecular complexity index is 838. The van der Waals surface area contributed by atoms with Crippen LogP contribution in [-0.4, -0.2) is 67.3 Å². The summed E-state index contributed by atoms with van der Waals surface area (Å²) in [6, 6.07) is 9.25. The normalized spacial score (nSPS) is 27.5. The Kier molecular flexibility index (Phi) is 7.14. The third kappa shape index (κ3) is 4.07. The van der Waals surface area contributed by atoms with Gasteiger partial charge < -0.3 is 15.0 Å². The van der Waals surface area contributed by atoms with Crippen molar-refractivity contribution in [3.8, 4) is 0 Å². The average Bonchev–Trinajstić information content (AvgIpc) is 3.41. The van der Waals surface area contributed by atoms with Crippen molar-refractivity contribution in [1.82, 2.24) is 10.2 Å². The van der Waals surface area contributed by atoms with Crippen molar-refractivity contribution in [3.63, 3.8) is 0 Å². The van der Waals surface area contributed by atoms with Crippen LogP contribution in [0.4, 0.5) is 0 Å². The van der Waals surface area contributed by atoms with Gasteiger partial charge in [-0.1, -0.05) is 54.8 Å². The fourth-order valence-electron chi connectivity index (χ4n) is 4.11. The standard InChI is InChI=1S/C21H24N2O3S4/c24-18(15-8-4-9-22-15)23-12-16(27)17(28)21(23,20-29-10-5-11-30-20)19(25)26-13-14-6-2-1-3-7-14/h1-3,6-7,15,20,22H,4-5,8-13H2/t15-,21+/m0/s1. The summed E-state index contributed by atoms with van der Waals surface area (Å²) in [5, 5.41) is 3.26. The monoisotopic (exact) mass is 480 g/mol. The molecule has 3 saturated heterocycles. The quantitative estimate of drug-likeness (QED) is 0.510. The van der Waals surface area contributed by atoms with Crippen LogP contribution >= 0.6 is 48.0 Å². The molecule has 0 spiro atoms. The molecule has 0 aliphatic carbocycles. The summed E-state index contributed by atoms with van der Waals surface area (Å²) in [5.41, 5.74) is -0.426. The first-order chi connectivity index (χ1) is 14.5. The largest absolute Gasteiger partial charge is 0.459 e. The van der Waals surface area contributed by atoms with Crippen LogP contribution in [0, 0.1) is 0 Å². The van der Waals surface area contributed by atoms with Gasteiger partial charge in [-0.2, -0.15) is 0 Å². The number of rotatable bonds is 5. The second-order valence-electron chi connectivity index (χ2n) is 7.58. The molecule has 0 aromatic heterocycles. The Labute approximate surface area is 196 Å². The van der Waals surface area contributed by atoms with Crippen molar-refractivity contribution in [2.24, 2.45) is 0 Å². The van der Waals surface area contributed by atoms with Crippen LogP contribution in [0.1, 0.15) is 24.8 Å². The Morgan fingerprint density at radius 3 is 2.57 bits per heavy atom. The number of carbonyl (C=O) groups is 2. The maximum Gasteiger partial charge on any atom is 0.340 e. The molecule has 1 aromatic rings. The number of carbonyl (C=O) groups excluding carboxylic acids is 2. The molecule has 160 valence electrons. The number of nitrogens with zero attached hydrogens (tertiary/aromatic N) is 1. The highest BCUT2D eigenvalue weighted by Crippen LogP contribution is 2.46.